The Balaban J connectivity index is 0.00000144. The topological polar surface area (TPSA) is 20.2 Å². The molecule has 0 fully saturated rings. The van der Waals surface area contributed by atoms with Gasteiger partial charge in [0.15, 0.2) is 0 Å². The maximum absolute atomic E-state index is 9.66. The molecule has 0 saturated heterocycles. The van der Waals surface area contributed by atoms with Gasteiger partial charge >= 0.3 is 0 Å². The number of aromatic hydroxyl groups is 1. The SMILES string of the molecule is [CH2-]c1c(C)c(C)c(O)c(C)c1C.[Y]. The fourth-order valence-corrected chi connectivity index (χ4v) is 1.37. The van der Waals surface area contributed by atoms with E-state index >= 15 is 0 Å². The summed E-state index contributed by atoms with van der Waals surface area (Å²) in [5.74, 6) is 0.414. The van der Waals surface area contributed by atoms with Crippen LogP contribution in [-0.4, -0.2) is 5.11 Å². The van der Waals surface area contributed by atoms with Gasteiger partial charge in [-0.2, -0.15) is 12.5 Å². The largest absolute Gasteiger partial charge is 0.510 e. The van der Waals surface area contributed by atoms with Gasteiger partial charge in [0.05, 0.1) is 5.75 Å². The molecular formula is C11H15OY-. The molecular weight excluding hydrogens is 237 g/mol. The third kappa shape index (κ3) is 2.08. The molecule has 13 heavy (non-hydrogen) atoms. The first-order valence-electron chi connectivity index (χ1n) is 4.08. The fraction of sp³-hybridized carbons (Fsp3) is 0.364. The van der Waals surface area contributed by atoms with Crippen molar-refractivity contribution in [3.63, 3.8) is 0 Å². The summed E-state index contributed by atoms with van der Waals surface area (Å²) in [6.07, 6.45) is 0. The number of phenols is 1. The average Bonchev–Trinajstić information content (AvgIpc) is 2.08. The molecule has 1 N–H and O–H groups in total. The number of hydrogen-bond donors (Lipinski definition) is 1. The van der Waals surface area contributed by atoms with Crippen LogP contribution < -0.4 is 0 Å². The minimum atomic E-state index is 0. The molecule has 69 valence electrons. The van der Waals surface area contributed by atoms with Crippen molar-refractivity contribution in [3.8, 4) is 5.75 Å². The molecule has 1 rings (SSSR count). The van der Waals surface area contributed by atoms with E-state index in [1.807, 2.05) is 27.7 Å². The van der Waals surface area contributed by atoms with E-state index in [9.17, 15) is 5.11 Å². The van der Waals surface area contributed by atoms with Crippen LogP contribution in [0.25, 0.3) is 0 Å². The Morgan fingerprint density at radius 1 is 0.846 bits per heavy atom. The van der Waals surface area contributed by atoms with Crippen LogP contribution in [0.15, 0.2) is 0 Å². The molecule has 0 aliphatic heterocycles. The Labute approximate surface area is 105 Å². The van der Waals surface area contributed by atoms with Gasteiger partial charge in [-0.25, -0.2) is 0 Å². The van der Waals surface area contributed by atoms with Gasteiger partial charge in [0.1, 0.15) is 0 Å². The van der Waals surface area contributed by atoms with E-state index in [1.165, 1.54) is 0 Å². The van der Waals surface area contributed by atoms with Crippen molar-refractivity contribution in [1.82, 2.24) is 0 Å². The van der Waals surface area contributed by atoms with Gasteiger partial charge in [0.25, 0.3) is 0 Å². The van der Waals surface area contributed by atoms with Crippen molar-refractivity contribution in [1.29, 1.82) is 0 Å². The molecule has 0 saturated carbocycles. The zero-order chi connectivity index (χ0) is 9.46. The Morgan fingerprint density at radius 3 is 1.46 bits per heavy atom. The monoisotopic (exact) mass is 252 g/mol. The number of phenolic OH excluding ortho intramolecular Hbond substituents is 1. The average molecular weight is 252 g/mol. The summed E-state index contributed by atoms with van der Waals surface area (Å²) in [5.41, 5.74) is 5.13. The van der Waals surface area contributed by atoms with Crippen LogP contribution in [0, 0.1) is 34.6 Å². The Bertz CT molecular complexity index is 224. The summed E-state index contributed by atoms with van der Waals surface area (Å²) < 4.78 is 0. The van der Waals surface area contributed by atoms with E-state index in [-0.39, 0.29) is 32.7 Å². The second kappa shape index (κ2) is 4.48. The van der Waals surface area contributed by atoms with Gasteiger partial charge in [-0.1, -0.05) is 25.0 Å². The van der Waals surface area contributed by atoms with Gasteiger partial charge in [-0.05, 0) is 13.8 Å². The van der Waals surface area contributed by atoms with Crippen molar-refractivity contribution in [2.75, 3.05) is 0 Å². The molecule has 1 aromatic rings. The number of rotatable bonds is 0. The maximum Gasteiger partial charge on any atom is 0.0973 e. The Kier molecular flexibility index (Phi) is 4.48. The molecule has 0 atom stereocenters. The van der Waals surface area contributed by atoms with Crippen LogP contribution in [0.3, 0.4) is 0 Å². The molecule has 2 heteroatoms. The molecule has 0 aliphatic rings. The summed E-state index contributed by atoms with van der Waals surface area (Å²) >= 11 is 0. The third-order valence-corrected chi connectivity index (χ3v) is 2.74. The Morgan fingerprint density at radius 2 is 1.15 bits per heavy atom. The summed E-state index contributed by atoms with van der Waals surface area (Å²) in [4.78, 5) is 0. The Hall–Kier alpha value is -0.00610. The molecule has 0 heterocycles. The predicted octanol–water partition coefficient (Wildman–Crippen LogP) is 2.81. The van der Waals surface area contributed by atoms with Gasteiger partial charge < -0.3 is 5.11 Å². The third-order valence-electron chi connectivity index (χ3n) is 2.74. The summed E-state index contributed by atoms with van der Waals surface area (Å²) in [7, 11) is 0. The van der Waals surface area contributed by atoms with Crippen LogP contribution in [0.5, 0.6) is 5.75 Å². The van der Waals surface area contributed by atoms with E-state index in [2.05, 4.69) is 6.92 Å². The van der Waals surface area contributed by atoms with Crippen molar-refractivity contribution < 1.29 is 37.8 Å². The molecule has 0 amide bonds. The minimum absolute atomic E-state index is 0. The van der Waals surface area contributed by atoms with E-state index < -0.39 is 0 Å². The van der Waals surface area contributed by atoms with E-state index in [0.717, 1.165) is 27.8 Å². The van der Waals surface area contributed by atoms with Crippen LogP contribution in [-0.2, 0) is 32.7 Å². The first-order chi connectivity index (χ1) is 5.46. The van der Waals surface area contributed by atoms with Gasteiger partial charge in [-0.15, -0.1) is 11.1 Å². The van der Waals surface area contributed by atoms with Crippen LogP contribution in [0.4, 0.5) is 0 Å². The van der Waals surface area contributed by atoms with E-state index in [1.54, 1.807) is 0 Å². The number of benzene rings is 1. The quantitative estimate of drug-likeness (QED) is 0.704. The smallest absolute Gasteiger partial charge is 0.0973 e. The summed E-state index contributed by atoms with van der Waals surface area (Å²) in [6.45, 7) is 11.8. The first kappa shape index (κ1) is 13.0. The summed E-state index contributed by atoms with van der Waals surface area (Å²) in [6, 6.07) is 0. The molecule has 0 spiro atoms. The van der Waals surface area contributed by atoms with Crippen LogP contribution in [0.2, 0.25) is 0 Å². The number of hydrogen-bond acceptors (Lipinski definition) is 1. The molecule has 0 aliphatic carbocycles. The predicted molar refractivity (Wildman–Crippen MR) is 51.5 cm³/mol. The van der Waals surface area contributed by atoms with Gasteiger partial charge in [0.2, 0.25) is 0 Å². The van der Waals surface area contributed by atoms with E-state index in [4.69, 9.17) is 0 Å². The molecule has 0 unspecified atom stereocenters. The molecule has 0 aromatic heterocycles. The zero-order valence-electron chi connectivity index (χ0n) is 8.73. The molecule has 0 bridgehead atoms. The second-order valence-corrected chi connectivity index (χ2v) is 3.33. The van der Waals surface area contributed by atoms with Gasteiger partial charge in [-0.3, -0.25) is 0 Å². The van der Waals surface area contributed by atoms with Crippen LogP contribution in [0.1, 0.15) is 27.8 Å². The van der Waals surface area contributed by atoms with Crippen LogP contribution >= 0.6 is 0 Å². The normalized spacial score (nSPS) is 9.54. The zero-order valence-corrected chi connectivity index (χ0v) is 11.6. The van der Waals surface area contributed by atoms with Gasteiger partial charge in [0, 0.05) is 32.7 Å². The minimum Gasteiger partial charge on any atom is -0.510 e. The van der Waals surface area contributed by atoms with Crippen molar-refractivity contribution >= 4 is 0 Å². The van der Waals surface area contributed by atoms with Crippen molar-refractivity contribution in [2.45, 2.75) is 27.7 Å². The summed E-state index contributed by atoms with van der Waals surface area (Å²) in [5, 5.41) is 9.66. The maximum atomic E-state index is 9.66. The van der Waals surface area contributed by atoms with Crippen molar-refractivity contribution in [3.05, 3.63) is 34.7 Å². The second-order valence-electron chi connectivity index (χ2n) is 3.33. The standard InChI is InChI=1S/C11H15O.Y/c1-6-7(2)9(4)11(12)10(5)8(6)3;/h12H,1H2,2-5H3;/q-1;. The van der Waals surface area contributed by atoms with E-state index in [0.29, 0.717) is 5.75 Å². The fourth-order valence-electron chi connectivity index (χ4n) is 1.37. The van der Waals surface area contributed by atoms with Crippen molar-refractivity contribution in [2.24, 2.45) is 0 Å². The molecule has 1 radical (unpaired) electrons. The molecule has 1 nitrogen and oxygen atoms in total. The molecule has 1 aromatic carbocycles. The first-order valence-corrected chi connectivity index (χ1v) is 4.08.